The molecule has 6 nitrogen and oxygen atoms in total. The Morgan fingerprint density at radius 1 is 1.11 bits per heavy atom. The standard InChI is InChI=1S/C26H29Cl2N3O3S/c1-3-4-8-13-35(33,34)30-26(32)22(14-20-9-6-5-7-10-20)15-24-17-29-19(2)31(24)18-21-11-12-23(27)16-25(21)28/h5-7,9-12,15-17H,3-4,8,13-14,18H2,1-2H3,(H,30,32)/b22-15+. The molecule has 1 heterocycles. The molecule has 0 aliphatic heterocycles. The number of carbonyl (C=O) groups is 1. The third kappa shape index (κ3) is 7.95. The summed E-state index contributed by atoms with van der Waals surface area (Å²) < 4.78 is 29.2. The van der Waals surface area contributed by atoms with Gasteiger partial charge in [-0.3, -0.25) is 4.79 Å². The number of imidazole rings is 1. The molecule has 0 unspecified atom stereocenters. The van der Waals surface area contributed by atoms with E-state index in [4.69, 9.17) is 23.2 Å². The second-order valence-corrected chi connectivity index (χ2v) is 11.0. The lowest BCUT2D eigenvalue weighted by Crippen LogP contribution is -2.34. The summed E-state index contributed by atoms with van der Waals surface area (Å²) >= 11 is 12.4. The van der Waals surface area contributed by atoms with Crippen molar-refractivity contribution in [2.45, 2.75) is 46.1 Å². The summed E-state index contributed by atoms with van der Waals surface area (Å²) in [4.78, 5) is 17.5. The number of halogens is 2. The number of aromatic nitrogens is 2. The number of amides is 1. The number of nitrogens with zero attached hydrogens (tertiary/aromatic N) is 2. The van der Waals surface area contributed by atoms with Crippen molar-refractivity contribution in [3.63, 3.8) is 0 Å². The maximum Gasteiger partial charge on any atom is 0.261 e. The van der Waals surface area contributed by atoms with Gasteiger partial charge in [0.15, 0.2) is 0 Å². The Hall–Kier alpha value is -2.61. The summed E-state index contributed by atoms with van der Waals surface area (Å²) in [5, 5.41) is 1.07. The quantitative estimate of drug-likeness (QED) is 0.249. The van der Waals surface area contributed by atoms with Crippen LogP contribution in [0.3, 0.4) is 0 Å². The van der Waals surface area contributed by atoms with E-state index in [1.54, 1.807) is 24.4 Å². The average molecular weight is 535 g/mol. The zero-order valence-electron chi connectivity index (χ0n) is 19.8. The molecule has 0 radical (unpaired) electrons. The topological polar surface area (TPSA) is 81.1 Å². The highest BCUT2D eigenvalue weighted by molar-refractivity contribution is 7.90. The molecule has 1 aromatic heterocycles. The largest absolute Gasteiger partial charge is 0.324 e. The number of benzene rings is 2. The van der Waals surface area contributed by atoms with Gasteiger partial charge in [-0.2, -0.15) is 0 Å². The molecule has 1 N–H and O–H groups in total. The average Bonchev–Trinajstić information content (AvgIpc) is 3.14. The fraction of sp³-hybridized carbons (Fsp3) is 0.308. The second-order valence-electron chi connectivity index (χ2n) is 8.34. The lowest BCUT2D eigenvalue weighted by atomic mass is 10.0. The Kier molecular flexibility index (Phi) is 9.55. The SMILES string of the molecule is CCCCCS(=O)(=O)NC(=O)/C(=C/c1cnc(C)n1Cc1ccc(Cl)cc1Cl)Cc1ccccc1. The molecule has 0 spiro atoms. The smallest absolute Gasteiger partial charge is 0.261 e. The first kappa shape index (κ1) is 27.0. The summed E-state index contributed by atoms with van der Waals surface area (Å²) in [6, 6.07) is 14.7. The van der Waals surface area contributed by atoms with Crippen LogP contribution in [-0.4, -0.2) is 29.6 Å². The first-order valence-corrected chi connectivity index (χ1v) is 13.8. The second kappa shape index (κ2) is 12.4. The predicted molar refractivity (Wildman–Crippen MR) is 142 cm³/mol. The molecule has 1 amide bonds. The van der Waals surface area contributed by atoms with Gasteiger partial charge in [-0.05, 0) is 42.7 Å². The monoisotopic (exact) mass is 533 g/mol. The number of sulfonamides is 1. The fourth-order valence-electron chi connectivity index (χ4n) is 3.62. The van der Waals surface area contributed by atoms with Crippen LogP contribution in [0.5, 0.6) is 0 Å². The van der Waals surface area contributed by atoms with E-state index in [1.165, 1.54) is 0 Å². The van der Waals surface area contributed by atoms with Gasteiger partial charge in [-0.25, -0.2) is 18.1 Å². The number of nitrogens with one attached hydrogen (secondary N) is 1. The molecule has 3 aromatic rings. The minimum atomic E-state index is -3.74. The van der Waals surface area contributed by atoms with E-state index in [9.17, 15) is 13.2 Å². The summed E-state index contributed by atoms with van der Waals surface area (Å²) in [6.45, 7) is 4.27. The van der Waals surface area contributed by atoms with Gasteiger partial charge in [-0.1, -0.05) is 79.4 Å². The van der Waals surface area contributed by atoms with Crippen molar-refractivity contribution in [1.29, 1.82) is 0 Å². The van der Waals surface area contributed by atoms with Crippen molar-refractivity contribution in [1.82, 2.24) is 14.3 Å². The number of unbranched alkanes of at least 4 members (excludes halogenated alkanes) is 2. The van der Waals surface area contributed by atoms with Crippen LogP contribution in [0.25, 0.3) is 6.08 Å². The van der Waals surface area contributed by atoms with Gasteiger partial charge in [0.05, 0.1) is 24.2 Å². The third-order valence-electron chi connectivity index (χ3n) is 5.55. The van der Waals surface area contributed by atoms with Crippen LogP contribution in [0.15, 0.2) is 60.3 Å². The number of hydrogen-bond acceptors (Lipinski definition) is 4. The first-order valence-electron chi connectivity index (χ1n) is 11.4. The lowest BCUT2D eigenvalue weighted by molar-refractivity contribution is -0.115. The summed E-state index contributed by atoms with van der Waals surface area (Å²) in [7, 11) is -3.74. The number of hydrogen-bond donors (Lipinski definition) is 1. The Morgan fingerprint density at radius 2 is 1.86 bits per heavy atom. The minimum Gasteiger partial charge on any atom is -0.324 e. The first-order chi connectivity index (χ1) is 16.7. The normalized spacial score (nSPS) is 12.1. The zero-order chi connectivity index (χ0) is 25.4. The molecule has 0 bridgehead atoms. The van der Waals surface area contributed by atoms with E-state index < -0.39 is 15.9 Å². The summed E-state index contributed by atoms with van der Waals surface area (Å²) in [5.41, 5.74) is 2.72. The van der Waals surface area contributed by atoms with Crippen LogP contribution < -0.4 is 4.72 Å². The highest BCUT2D eigenvalue weighted by Gasteiger charge is 2.19. The van der Waals surface area contributed by atoms with Crippen LogP contribution in [0, 0.1) is 6.92 Å². The fourth-order valence-corrected chi connectivity index (χ4v) is 5.19. The highest BCUT2D eigenvalue weighted by Crippen LogP contribution is 2.24. The molecule has 0 fully saturated rings. The molecule has 9 heteroatoms. The van der Waals surface area contributed by atoms with Gasteiger partial charge in [0.2, 0.25) is 10.0 Å². The molecule has 0 aliphatic rings. The van der Waals surface area contributed by atoms with Crippen molar-refractivity contribution in [2.24, 2.45) is 0 Å². The summed E-state index contributed by atoms with van der Waals surface area (Å²) in [5.74, 6) is 0.00585. The van der Waals surface area contributed by atoms with Crippen LogP contribution in [-0.2, 0) is 27.8 Å². The molecule has 0 saturated carbocycles. The molecule has 2 aromatic carbocycles. The Labute approximate surface area is 217 Å². The predicted octanol–water partition coefficient (Wildman–Crippen LogP) is 5.81. The third-order valence-corrected chi connectivity index (χ3v) is 7.45. The number of aryl methyl sites for hydroxylation is 1. The molecular weight excluding hydrogens is 505 g/mol. The van der Waals surface area contributed by atoms with Crippen molar-refractivity contribution in [2.75, 3.05) is 5.75 Å². The van der Waals surface area contributed by atoms with Gasteiger partial charge in [0.25, 0.3) is 5.91 Å². The van der Waals surface area contributed by atoms with E-state index in [0.29, 0.717) is 34.3 Å². The Bertz CT molecular complexity index is 1300. The lowest BCUT2D eigenvalue weighted by Gasteiger charge is -2.13. The van der Waals surface area contributed by atoms with Gasteiger partial charge >= 0.3 is 0 Å². The molecule has 0 atom stereocenters. The number of carbonyl (C=O) groups excluding carboxylic acids is 1. The van der Waals surface area contributed by atoms with E-state index in [2.05, 4.69) is 9.71 Å². The molecule has 0 aliphatic carbocycles. The van der Waals surface area contributed by atoms with E-state index in [1.807, 2.05) is 54.8 Å². The van der Waals surface area contributed by atoms with Crippen LogP contribution >= 0.6 is 23.2 Å². The summed E-state index contributed by atoms with van der Waals surface area (Å²) in [6.07, 6.45) is 5.80. The van der Waals surface area contributed by atoms with E-state index in [-0.39, 0.29) is 12.2 Å². The van der Waals surface area contributed by atoms with E-state index in [0.717, 1.165) is 29.8 Å². The van der Waals surface area contributed by atoms with Gasteiger partial charge in [-0.15, -0.1) is 0 Å². The molecule has 0 saturated heterocycles. The van der Waals surface area contributed by atoms with Gasteiger partial charge < -0.3 is 4.57 Å². The maximum atomic E-state index is 13.1. The highest BCUT2D eigenvalue weighted by atomic mass is 35.5. The van der Waals surface area contributed by atoms with Gasteiger partial charge in [0, 0.05) is 22.0 Å². The maximum absolute atomic E-state index is 13.1. The van der Waals surface area contributed by atoms with Crippen molar-refractivity contribution in [3.05, 3.63) is 93.0 Å². The Balaban J connectivity index is 1.94. The van der Waals surface area contributed by atoms with Crippen molar-refractivity contribution in [3.8, 4) is 0 Å². The van der Waals surface area contributed by atoms with Crippen LogP contribution in [0.4, 0.5) is 0 Å². The molecule has 3 rings (SSSR count). The molecule has 35 heavy (non-hydrogen) atoms. The molecular formula is C26H29Cl2N3O3S. The minimum absolute atomic E-state index is 0.0860. The zero-order valence-corrected chi connectivity index (χ0v) is 22.1. The van der Waals surface area contributed by atoms with Crippen LogP contribution in [0.1, 0.15) is 48.8 Å². The Morgan fingerprint density at radius 3 is 2.54 bits per heavy atom. The van der Waals surface area contributed by atoms with Crippen molar-refractivity contribution < 1.29 is 13.2 Å². The van der Waals surface area contributed by atoms with Crippen molar-refractivity contribution >= 4 is 45.2 Å². The number of rotatable bonds is 11. The van der Waals surface area contributed by atoms with Gasteiger partial charge in [0.1, 0.15) is 5.82 Å². The van der Waals surface area contributed by atoms with Crippen LogP contribution in [0.2, 0.25) is 10.0 Å². The molecule has 186 valence electrons. The van der Waals surface area contributed by atoms with E-state index >= 15 is 0 Å².